The van der Waals surface area contributed by atoms with E-state index >= 15 is 0 Å². The molecule has 0 saturated heterocycles. The molecule has 2 amide bonds. The van der Waals surface area contributed by atoms with Crippen LogP contribution in [-0.2, 0) is 20.8 Å². The summed E-state index contributed by atoms with van der Waals surface area (Å²) in [4.78, 5) is 29.1. The second kappa shape index (κ2) is 15.0. The monoisotopic (exact) mass is 674 g/mol. The van der Waals surface area contributed by atoms with Gasteiger partial charge in [-0.1, -0.05) is 182 Å². The normalized spacial score (nSPS) is 13.1. The molecule has 6 aromatic carbocycles. The predicted molar refractivity (Wildman–Crippen MR) is 200 cm³/mol. The fraction of sp³-hybridized carbons (Fsp3) is 0.156. The Hall–Kier alpha value is -5.82. The first-order chi connectivity index (χ1) is 24.7. The first-order valence-electron chi connectivity index (χ1n) is 17.1. The molecule has 6 heteroatoms. The SMILES string of the molecule is CC(C)(C(=O)NC(c1ccccc1)C(O)(c1ccccc1)c1ccccc1)C(=O)NC(c1ccccc1)C(O)(c1ccccc1)c1ccccc1. The van der Waals surface area contributed by atoms with Crippen LogP contribution in [0.3, 0.4) is 0 Å². The number of hydrogen-bond donors (Lipinski definition) is 4. The number of nitrogens with one attached hydrogen (secondary N) is 2. The van der Waals surface area contributed by atoms with E-state index in [4.69, 9.17) is 0 Å². The van der Waals surface area contributed by atoms with Gasteiger partial charge in [-0.25, -0.2) is 0 Å². The maximum absolute atomic E-state index is 14.6. The zero-order valence-corrected chi connectivity index (χ0v) is 28.7. The van der Waals surface area contributed by atoms with Gasteiger partial charge < -0.3 is 20.8 Å². The second-order valence-corrected chi connectivity index (χ2v) is 13.3. The highest BCUT2D eigenvalue weighted by molar-refractivity contribution is 6.04. The predicted octanol–water partition coefficient (Wildman–Crippen LogP) is 7.60. The zero-order valence-electron chi connectivity index (χ0n) is 28.7. The second-order valence-electron chi connectivity index (χ2n) is 13.3. The summed E-state index contributed by atoms with van der Waals surface area (Å²) < 4.78 is 0. The van der Waals surface area contributed by atoms with Gasteiger partial charge in [0, 0.05) is 0 Å². The van der Waals surface area contributed by atoms with Gasteiger partial charge in [0.2, 0.25) is 11.8 Å². The largest absolute Gasteiger partial charge is 0.378 e. The molecule has 0 aromatic heterocycles. The molecule has 2 unspecified atom stereocenters. The minimum atomic E-state index is -1.71. The van der Waals surface area contributed by atoms with Crippen molar-refractivity contribution in [2.24, 2.45) is 5.41 Å². The van der Waals surface area contributed by atoms with Gasteiger partial charge in [0.15, 0.2) is 0 Å². The van der Waals surface area contributed by atoms with E-state index in [-0.39, 0.29) is 0 Å². The van der Waals surface area contributed by atoms with Gasteiger partial charge in [0.05, 0.1) is 12.1 Å². The molecule has 0 heterocycles. The van der Waals surface area contributed by atoms with Crippen molar-refractivity contribution in [1.29, 1.82) is 0 Å². The lowest BCUT2D eigenvalue weighted by Crippen LogP contribution is -2.55. The maximum Gasteiger partial charge on any atom is 0.235 e. The summed E-state index contributed by atoms with van der Waals surface area (Å²) in [6.45, 7) is 3.10. The van der Waals surface area contributed by atoms with Crippen molar-refractivity contribution in [1.82, 2.24) is 10.6 Å². The Kier molecular flexibility index (Phi) is 10.3. The molecule has 0 radical (unpaired) electrons. The van der Waals surface area contributed by atoms with Crippen LogP contribution in [0.5, 0.6) is 0 Å². The third-order valence-electron chi connectivity index (χ3n) is 9.64. The highest BCUT2D eigenvalue weighted by Gasteiger charge is 2.48. The number of carbonyl (C=O) groups is 2. The third kappa shape index (κ3) is 6.97. The summed E-state index contributed by atoms with van der Waals surface area (Å²) in [5.74, 6) is -1.21. The molecule has 4 N–H and O–H groups in total. The van der Waals surface area contributed by atoms with Crippen LogP contribution in [0.25, 0.3) is 0 Å². The minimum Gasteiger partial charge on any atom is -0.378 e. The Morgan fingerprint density at radius 1 is 0.412 bits per heavy atom. The maximum atomic E-state index is 14.6. The molecule has 0 bridgehead atoms. The molecule has 51 heavy (non-hydrogen) atoms. The van der Waals surface area contributed by atoms with Crippen molar-refractivity contribution >= 4 is 11.8 Å². The molecular formula is C45H42N2O4. The first-order valence-corrected chi connectivity index (χ1v) is 17.1. The summed E-state index contributed by atoms with van der Waals surface area (Å²) in [5, 5.41) is 31.8. The van der Waals surface area contributed by atoms with Crippen molar-refractivity contribution in [3.63, 3.8) is 0 Å². The summed E-state index contributed by atoms with van der Waals surface area (Å²) in [6, 6.07) is 53.4. The Balaban J connectivity index is 1.41. The average molecular weight is 675 g/mol. The van der Waals surface area contributed by atoms with Crippen molar-refractivity contribution in [2.75, 3.05) is 0 Å². The summed E-state index contributed by atoms with van der Waals surface area (Å²) in [6.07, 6.45) is 0. The van der Waals surface area contributed by atoms with E-state index in [9.17, 15) is 19.8 Å². The molecule has 2 atom stereocenters. The van der Waals surface area contributed by atoms with Gasteiger partial charge in [0.25, 0.3) is 0 Å². The summed E-state index contributed by atoms with van der Waals surface area (Å²) in [5.41, 5.74) is -1.47. The van der Waals surface area contributed by atoms with E-state index in [1.54, 1.807) is 13.8 Å². The van der Waals surface area contributed by atoms with Crippen molar-refractivity contribution in [3.8, 4) is 0 Å². The Morgan fingerprint density at radius 3 is 0.863 bits per heavy atom. The van der Waals surface area contributed by atoms with E-state index in [1.165, 1.54) is 0 Å². The van der Waals surface area contributed by atoms with E-state index in [1.807, 2.05) is 182 Å². The quantitative estimate of drug-likeness (QED) is 0.101. The van der Waals surface area contributed by atoms with E-state index in [2.05, 4.69) is 10.6 Å². The van der Waals surface area contributed by atoms with E-state index in [0.29, 0.717) is 33.4 Å². The van der Waals surface area contributed by atoms with Crippen LogP contribution in [-0.4, -0.2) is 22.0 Å². The van der Waals surface area contributed by atoms with Gasteiger partial charge in [0.1, 0.15) is 16.6 Å². The van der Waals surface area contributed by atoms with Crippen molar-refractivity contribution < 1.29 is 19.8 Å². The lowest BCUT2D eigenvalue weighted by atomic mass is 9.76. The molecule has 0 saturated carbocycles. The fourth-order valence-electron chi connectivity index (χ4n) is 6.64. The number of benzene rings is 6. The smallest absolute Gasteiger partial charge is 0.235 e. The van der Waals surface area contributed by atoms with Gasteiger partial charge in [-0.2, -0.15) is 0 Å². The van der Waals surface area contributed by atoms with Crippen molar-refractivity contribution in [2.45, 2.75) is 37.1 Å². The summed E-state index contributed by atoms with van der Waals surface area (Å²) >= 11 is 0. The standard InChI is InChI=1S/C45H42N2O4/c1-43(2,41(48)46-39(33-21-9-3-10-22-33)44(50,35-25-13-5-14-26-35)36-27-15-6-16-28-36)42(49)47-40(34-23-11-4-12-24-34)45(51,37-29-17-7-18-30-37)38-31-19-8-20-32-38/h3-32,39-40,50-51H,1-2H3,(H,46,48)(H,47,49). The number of carbonyl (C=O) groups excluding carboxylic acids is 2. The third-order valence-corrected chi connectivity index (χ3v) is 9.64. The number of amides is 2. The van der Waals surface area contributed by atoms with Gasteiger partial charge in [-0.05, 0) is 47.2 Å². The highest BCUT2D eigenvalue weighted by Crippen LogP contribution is 2.43. The molecule has 0 fully saturated rings. The van der Waals surface area contributed by atoms with E-state index < -0.39 is 40.5 Å². The average Bonchev–Trinajstić information content (AvgIpc) is 3.20. The Morgan fingerprint density at radius 2 is 0.627 bits per heavy atom. The van der Waals surface area contributed by atoms with Crippen LogP contribution in [0.15, 0.2) is 182 Å². The van der Waals surface area contributed by atoms with Crippen molar-refractivity contribution in [3.05, 3.63) is 215 Å². The zero-order chi connectivity index (χ0) is 35.9. The molecule has 6 nitrogen and oxygen atoms in total. The highest BCUT2D eigenvalue weighted by atomic mass is 16.3. The van der Waals surface area contributed by atoms with E-state index in [0.717, 1.165) is 0 Å². The van der Waals surface area contributed by atoms with Gasteiger partial charge >= 0.3 is 0 Å². The molecule has 0 spiro atoms. The fourth-order valence-corrected chi connectivity index (χ4v) is 6.64. The lowest BCUT2D eigenvalue weighted by Gasteiger charge is -2.41. The molecule has 0 aliphatic carbocycles. The molecule has 6 aromatic rings. The molecule has 256 valence electrons. The van der Waals surface area contributed by atoms with Crippen LogP contribution in [0.1, 0.15) is 59.3 Å². The number of aliphatic hydroxyl groups is 2. The van der Waals surface area contributed by atoms with Crippen LogP contribution in [0, 0.1) is 5.41 Å². The molecule has 0 aliphatic heterocycles. The molecule has 6 rings (SSSR count). The van der Waals surface area contributed by atoms with Gasteiger partial charge in [-0.15, -0.1) is 0 Å². The Bertz CT molecular complexity index is 1790. The van der Waals surface area contributed by atoms with Crippen LogP contribution in [0.4, 0.5) is 0 Å². The van der Waals surface area contributed by atoms with Crippen LogP contribution < -0.4 is 10.6 Å². The lowest BCUT2D eigenvalue weighted by molar-refractivity contribution is -0.144. The summed E-state index contributed by atoms with van der Waals surface area (Å²) in [7, 11) is 0. The Labute approximate surface area is 299 Å². The topological polar surface area (TPSA) is 98.7 Å². The number of hydrogen-bond acceptors (Lipinski definition) is 4. The molecular weight excluding hydrogens is 633 g/mol. The van der Waals surface area contributed by atoms with Crippen LogP contribution >= 0.6 is 0 Å². The first kappa shape index (κ1) is 35.0. The van der Waals surface area contributed by atoms with Crippen LogP contribution in [0.2, 0.25) is 0 Å². The molecule has 0 aliphatic rings. The number of rotatable bonds is 12. The van der Waals surface area contributed by atoms with Gasteiger partial charge in [-0.3, -0.25) is 9.59 Å². The minimum absolute atomic E-state index is 0.576.